The molecule has 0 aliphatic rings. The van der Waals surface area contributed by atoms with Crippen LogP contribution in [0.3, 0.4) is 0 Å². The first-order valence-electron chi connectivity index (χ1n) is 8.16. The number of ether oxygens (including phenoxy) is 1. The average Bonchev–Trinajstić information content (AvgIpc) is 2.66. The van der Waals surface area contributed by atoms with Crippen LogP contribution in [0.25, 0.3) is 11.1 Å². The molecule has 0 saturated heterocycles. The Bertz CT molecular complexity index is 983. The Kier molecular flexibility index (Phi) is 5.50. The molecule has 0 aliphatic heterocycles. The lowest BCUT2D eigenvalue weighted by molar-refractivity contribution is -0.153. The third kappa shape index (κ3) is 4.85. The van der Waals surface area contributed by atoms with Gasteiger partial charge in [0.15, 0.2) is 6.61 Å². The van der Waals surface area contributed by atoms with Gasteiger partial charge in [0.2, 0.25) is 0 Å². The zero-order valence-electron chi connectivity index (χ0n) is 14.5. The summed E-state index contributed by atoms with van der Waals surface area (Å²) in [7, 11) is 0. The van der Waals surface area contributed by atoms with Crippen LogP contribution in [-0.4, -0.2) is 17.8 Å². The molecule has 0 amide bonds. The molecule has 0 unspecified atom stereocenters. The highest BCUT2D eigenvalue weighted by molar-refractivity contribution is 5.63. The van der Waals surface area contributed by atoms with Crippen molar-refractivity contribution in [2.45, 2.75) is 12.1 Å². The minimum atomic E-state index is -4.46. The Morgan fingerprint density at radius 2 is 1.45 bits per heavy atom. The number of benzene rings is 2. The Hall–Kier alpha value is -3.10. The number of nitrogens with zero attached hydrogens (tertiary/aromatic N) is 1. The van der Waals surface area contributed by atoms with E-state index >= 15 is 0 Å². The molecule has 0 fully saturated rings. The summed E-state index contributed by atoms with van der Waals surface area (Å²) < 4.78 is 96.7. The monoisotopic (exact) mass is 415 g/mol. The summed E-state index contributed by atoms with van der Waals surface area (Å²) in [4.78, 5) is 3.67. The number of rotatable bonds is 5. The fraction of sp³-hybridized carbons (Fsp3) is 0.150. The quantitative estimate of drug-likeness (QED) is 0.469. The van der Waals surface area contributed by atoms with Gasteiger partial charge in [-0.05, 0) is 35.9 Å². The number of pyridine rings is 1. The van der Waals surface area contributed by atoms with Crippen molar-refractivity contribution in [3.8, 4) is 16.9 Å². The van der Waals surface area contributed by atoms with E-state index in [1.807, 2.05) is 0 Å². The molecule has 1 heterocycles. The molecule has 0 spiro atoms. The van der Waals surface area contributed by atoms with Gasteiger partial charge in [-0.25, -0.2) is 8.78 Å². The van der Waals surface area contributed by atoms with E-state index < -0.39 is 41.6 Å². The second-order valence-corrected chi connectivity index (χ2v) is 6.06. The number of hydrogen-bond donors (Lipinski definition) is 0. The van der Waals surface area contributed by atoms with E-state index in [0.29, 0.717) is 23.3 Å². The lowest BCUT2D eigenvalue weighted by atomic mass is 10.0. The molecule has 0 aliphatic carbocycles. The van der Waals surface area contributed by atoms with Gasteiger partial charge in [0.1, 0.15) is 23.1 Å². The summed E-state index contributed by atoms with van der Waals surface area (Å²) in [5.41, 5.74) is -0.839. The number of alkyl halides is 5. The third-order valence-electron chi connectivity index (χ3n) is 3.94. The molecule has 2 aromatic carbocycles. The fourth-order valence-electron chi connectivity index (χ4n) is 2.54. The van der Waals surface area contributed by atoms with Gasteiger partial charge in [-0.15, -0.1) is 0 Å². The fourth-order valence-corrected chi connectivity index (χ4v) is 2.54. The normalized spacial score (nSPS) is 12.1. The van der Waals surface area contributed by atoms with Crippen LogP contribution in [0.4, 0.5) is 30.7 Å². The Morgan fingerprint density at radius 3 is 2.00 bits per heavy atom. The summed E-state index contributed by atoms with van der Waals surface area (Å²) in [6, 6.07) is 9.54. The lowest BCUT2D eigenvalue weighted by Gasteiger charge is -2.17. The van der Waals surface area contributed by atoms with Crippen LogP contribution in [0, 0.1) is 11.6 Å². The highest BCUT2D eigenvalue weighted by Crippen LogP contribution is 2.36. The van der Waals surface area contributed by atoms with Crippen LogP contribution in [0.15, 0.2) is 60.8 Å². The lowest BCUT2D eigenvalue weighted by Crippen LogP contribution is -2.19. The first-order chi connectivity index (χ1) is 13.6. The van der Waals surface area contributed by atoms with Crippen LogP contribution < -0.4 is 4.74 Å². The van der Waals surface area contributed by atoms with Gasteiger partial charge in [-0.1, -0.05) is 18.2 Å². The summed E-state index contributed by atoms with van der Waals surface area (Å²) in [5, 5.41) is 0. The van der Waals surface area contributed by atoms with Crippen LogP contribution in [-0.2, 0) is 5.92 Å². The number of aromatic nitrogens is 1. The molecule has 0 saturated carbocycles. The Labute approximate surface area is 160 Å². The molecule has 0 radical (unpaired) electrons. The molecule has 1 aromatic heterocycles. The maximum Gasteiger partial charge on any atom is 0.422 e. The van der Waals surface area contributed by atoms with Crippen LogP contribution in [0.2, 0.25) is 0 Å². The van der Waals surface area contributed by atoms with Crippen molar-refractivity contribution in [2.24, 2.45) is 0 Å². The summed E-state index contributed by atoms with van der Waals surface area (Å²) >= 11 is 0. The van der Waals surface area contributed by atoms with Gasteiger partial charge in [0.05, 0.1) is 5.56 Å². The van der Waals surface area contributed by atoms with E-state index in [9.17, 15) is 30.7 Å². The molecule has 2 nitrogen and oxygen atoms in total. The maximum absolute atomic E-state index is 14.5. The minimum Gasteiger partial charge on any atom is -0.484 e. The van der Waals surface area contributed by atoms with Gasteiger partial charge in [-0.2, -0.15) is 22.0 Å². The first kappa shape index (κ1) is 20.6. The summed E-state index contributed by atoms with van der Waals surface area (Å²) in [6.45, 7) is -1.43. The van der Waals surface area contributed by atoms with Crippen LogP contribution >= 0.6 is 0 Å². The van der Waals surface area contributed by atoms with Crippen LogP contribution in [0.5, 0.6) is 5.75 Å². The highest BCUT2D eigenvalue weighted by atomic mass is 19.4. The molecule has 0 N–H and O–H groups in total. The maximum atomic E-state index is 14.5. The predicted octanol–water partition coefficient (Wildman–Crippen LogP) is 6.11. The predicted molar refractivity (Wildman–Crippen MR) is 90.6 cm³/mol. The van der Waals surface area contributed by atoms with Crippen molar-refractivity contribution in [3.63, 3.8) is 0 Å². The first-order valence-corrected chi connectivity index (χ1v) is 8.16. The summed E-state index contributed by atoms with van der Waals surface area (Å²) in [5.74, 6) is -6.16. The molecule has 29 heavy (non-hydrogen) atoms. The van der Waals surface area contributed by atoms with Crippen molar-refractivity contribution < 1.29 is 35.5 Å². The zero-order chi connectivity index (χ0) is 21.2. The molecule has 152 valence electrons. The van der Waals surface area contributed by atoms with Gasteiger partial charge in [-0.3, -0.25) is 4.98 Å². The van der Waals surface area contributed by atoms with E-state index in [-0.39, 0.29) is 5.75 Å². The van der Waals surface area contributed by atoms with Crippen molar-refractivity contribution in [3.05, 3.63) is 83.7 Å². The second kappa shape index (κ2) is 7.73. The highest BCUT2D eigenvalue weighted by Gasteiger charge is 2.38. The van der Waals surface area contributed by atoms with Gasteiger partial charge in [0.25, 0.3) is 0 Å². The summed E-state index contributed by atoms with van der Waals surface area (Å²) in [6.07, 6.45) is -3.34. The van der Waals surface area contributed by atoms with Crippen LogP contribution in [0.1, 0.15) is 11.3 Å². The molecule has 0 atom stereocenters. The molecule has 0 bridgehead atoms. The SMILES string of the molecule is Fc1ccc(C(F)(F)c2ccc(-c3ccc(OCC(F)(F)F)cc3)cn2)c(F)c1. The standard InChI is InChI=1S/C20H12F7NO/c21-14-4-7-16(17(22)9-14)20(26,27)18-8-3-13(10-28-18)12-1-5-15(6-2-12)29-11-19(23,24)25/h1-10H,11H2. The zero-order valence-corrected chi connectivity index (χ0v) is 14.5. The molecular weight excluding hydrogens is 403 g/mol. The van der Waals surface area contributed by atoms with Crippen molar-refractivity contribution in [1.29, 1.82) is 0 Å². The molecule has 3 rings (SSSR count). The van der Waals surface area contributed by atoms with E-state index in [1.54, 1.807) is 0 Å². The largest absolute Gasteiger partial charge is 0.484 e. The average molecular weight is 415 g/mol. The second-order valence-electron chi connectivity index (χ2n) is 6.06. The van der Waals surface area contributed by atoms with Gasteiger partial charge < -0.3 is 4.74 Å². The van der Waals surface area contributed by atoms with E-state index in [1.165, 1.54) is 30.3 Å². The van der Waals surface area contributed by atoms with Crippen molar-refractivity contribution >= 4 is 0 Å². The van der Waals surface area contributed by atoms with Crippen molar-refractivity contribution in [2.75, 3.05) is 6.61 Å². The minimum absolute atomic E-state index is 0.00558. The van der Waals surface area contributed by atoms with E-state index in [2.05, 4.69) is 9.72 Å². The van der Waals surface area contributed by atoms with E-state index in [0.717, 1.165) is 18.3 Å². The number of halogens is 7. The topological polar surface area (TPSA) is 22.1 Å². The number of hydrogen-bond acceptors (Lipinski definition) is 2. The molecule has 9 heteroatoms. The smallest absolute Gasteiger partial charge is 0.422 e. The van der Waals surface area contributed by atoms with Crippen molar-refractivity contribution in [1.82, 2.24) is 4.98 Å². The Balaban J connectivity index is 1.79. The van der Waals surface area contributed by atoms with Gasteiger partial charge in [0, 0.05) is 17.8 Å². The Morgan fingerprint density at radius 1 is 0.793 bits per heavy atom. The van der Waals surface area contributed by atoms with Gasteiger partial charge >= 0.3 is 12.1 Å². The molecule has 3 aromatic rings. The third-order valence-corrected chi connectivity index (χ3v) is 3.94. The molecular formula is C20H12F7NO. The van der Waals surface area contributed by atoms with E-state index in [4.69, 9.17) is 0 Å².